The van der Waals surface area contributed by atoms with Gasteiger partial charge in [-0.1, -0.05) is 46.8 Å². The van der Waals surface area contributed by atoms with Crippen LogP contribution in [0.5, 0.6) is 5.75 Å². The van der Waals surface area contributed by atoms with Crippen LogP contribution in [0.1, 0.15) is 59.4 Å². The fourth-order valence-corrected chi connectivity index (χ4v) is 7.25. The molecule has 1 unspecified atom stereocenters. The Morgan fingerprint density at radius 3 is 2.30 bits per heavy atom. The van der Waals surface area contributed by atoms with E-state index in [0.29, 0.717) is 19.3 Å². The highest BCUT2D eigenvalue weighted by molar-refractivity contribution is 6.74. The van der Waals surface area contributed by atoms with E-state index in [-0.39, 0.29) is 42.0 Å². The second-order valence-corrected chi connectivity index (χ2v) is 18.4. The molecule has 0 aromatic heterocycles. The van der Waals surface area contributed by atoms with Crippen LogP contribution in [0.3, 0.4) is 0 Å². The van der Waals surface area contributed by atoms with E-state index >= 15 is 0 Å². The summed E-state index contributed by atoms with van der Waals surface area (Å²) in [6.07, 6.45) is 0.987. The van der Waals surface area contributed by atoms with Crippen LogP contribution < -0.4 is 4.74 Å². The molecule has 3 aliphatic rings. The Morgan fingerprint density at radius 2 is 1.76 bits per heavy atom. The third-order valence-corrected chi connectivity index (χ3v) is 14.1. The molecule has 2 saturated carbocycles. The van der Waals surface area contributed by atoms with Crippen molar-refractivity contribution in [3.63, 3.8) is 0 Å². The van der Waals surface area contributed by atoms with E-state index in [9.17, 15) is 14.7 Å². The van der Waals surface area contributed by atoms with Crippen LogP contribution in [0.25, 0.3) is 0 Å². The molecule has 0 radical (unpaired) electrons. The van der Waals surface area contributed by atoms with Crippen LogP contribution in [-0.2, 0) is 30.1 Å². The number of esters is 1. The molecule has 2 aliphatic carbocycles. The lowest BCUT2D eigenvalue weighted by molar-refractivity contribution is -0.332. The number of hydrogen-bond donors (Lipinski definition) is 1. The molecule has 3 fully saturated rings. The standard InChI is InChI=1S/C29H44O7Si/c1-26(2,3)37(7,8)36-17-22-25(31)35-18-28(21-13-27(4,5)14-23(21)30)15-24(29(22,28)32)34-16-19-9-11-20(33-6)12-10-19/h9-12,21-22,24,32H,13-18H2,1-8H3/t21-,22?,24+,28-,29+/m0/s1. The molecule has 7 nitrogen and oxygen atoms in total. The minimum absolute atomic E-state index is 0.0355. The summed E-state index contributed by atoms with van der Waals surface area (Å²) >= 11 is 0. The van der Waals surface area contributed by atoms with Gasteiger partial charge >= 0.3 is 5.97 Å². The maximum atomic E-state index is 13.3. The lowest BCUT2D eigenvalue weighted by Gasteiger charge is -2.66. The maximum Gasteiger partial charge on any atom is 0.314 e. The molecule has 37 heavy (non-hydrogen) atoms. The molecule has 4 rings (SSSR count). The second-order valence-electron chi connectivity index (χ2n) is 13.6. The van der Waals surface area contributed by atoms with Crippen molar-refractivity contribution in [2.75, 3.05) is 20.3 Å². The lowest BCUT2D eigenvalue weighted by Crippen LogP contribution is -2.80. The Labute approximate surface area is 222 Å². The zero-order valence-electron chi connectivity index (χ0n) is 23.7. The van der Waals surface area contributed by atoms with Crippen molar-refractivity contribution >= 4 is 20.1 Å². The third-order valence-electron chi connectivity index (χ3n) is 9.62. The summed E-state index contributed by atoms with van der Waals surface area (Å²) in [6.45, 7) is 15.2. The average Bonchev–Trinajstić information content (AvgIpc) is 3.09. The van der Waals surface area contributed by atoms with Gasteiger partial charge in [0.05, 0.1) is 26.4 Å². The highest BCUT2D eigenvalue weighted by Crippen LogP contribution is 2.65. The molecular weight excluding hydrogens is 488 g/mol. The number of methoxy groups -OCH3 is 1. The van der Waals surface area contributed by atoms with Crippen molar-refractivity contribution in [3.8, 4) is 5.75 Å². The average molecular weight is 533 g/mol. The predicted octanol–water partition coefficient (Wildman–Crippen LogP) is 4.90. The Morgan fingerprint density at radius 1 is 1.11 bits per heavy atom. The first-order valence-electron chi connectivity index (χ1n) is 13.4. The molecule has 1 aromatic rings. The molecule has 0 spiro atoms. The van der Waals surface area contributed by atoms with Gasteiger partial charge in [-0.25, -0.2) is 0 Å². The number of Topliss-reactive ketones (excluding diaryl/α,β-unsaturated/α-hetero) is 1. The molecule has 1 aromatic carbocycles. The molecule has 1 heterocycles. The highest BCUT2D eigenvalue weighted by Gasteiger charge is 2.77. The quantitative estimate of drug-likeness (QED) is 0.376. The molecule has 1 N–H and O–H groups in total. The van der Waals surface area contributed by atoms with Gasteiger partial charge in [0.1, 0.15) is 29.7 Å². The van der Waals surface area contributed by atoms with E-state index in [1.54, 1.807) is 7.11 Å². The Hall–Kier alpha value is -1.74. The van der Waals surface area contributed by atoms with Crippen molar-refractivity contribution in [1.29, 1.82) is 0 Å². The van der Waals surface area contributed by atoms with Crippen LogP contribution in [0, 0.1) is 22.7 Å². The lowest BCUT2D eigenvalue weighted by atomic mass is 9.44. The number of ketones is 1. The summed E-state index contributed by atoms with van der Waals surface area (Å²) in [5.41, 5.74) is -1.62. The van der Waals surface area contributed by atoms with Gasteiger partial charge in [0.25, 0.3) is 0 Å². The number of ether oxygens (including phenoxy) is 3. The predicted molar refractivity (Wildman–Crippen MR) is 143 cm³/mol. The van der Waals surface area contributed by atoms with Crippen LogP contribution in [0.2, 0.25) is 18.1 Å². The largest absolute Gasteiger partial charge is 0.497 e. The van der Waals surface area contributed by atoms with Gasteiger partial charge in [-0.2, -0.15) is 0 Å². The second kappa shape index (κ2) is 9.47. The van der Waals surface area contributed by atoms with E-state index in [4.69, 9.17) is 18.6 Å². The molecule has 8 heteroatoms. The molecule has 1 saturated heterocycles. The number of benzene rings is 1. The molecule has 0 bridgehead atoms. The van der Waals surface area contributed by atoms with E-state index in [1.165, 1.54) is 0 Å². The summed E-state index contributed by atoms with van der Waals surface area (Å²) in [5, 5.41) is 12.5. The minimum Gasteiger partial charge on any atom is -0.497 e. The number of hydrogen-bond acceptors (Lipinski definition) is 7. The first kappa shape index (κ1) is 28.3. The monoisotopic (exact) mass is 532 g/mol. The molecular formula is C29H44O7Si. The number of carbonyl (C=O) groups excluding carboxylic acids is 2. The normalized spacial score (nSPS) is 33.5. The SMILES string of the molecule is COc1ccc(CO[C@@H]2C[C@@]3([C@H]4CC(C)(C)CC4=O)COC(=O)C(CO[Si](C)(C)C(C)(C)C)[C@@]23O)cc1. The number of carbonyl (C=O) groups is 2. The van der Waals surface area contributed by atoms with Gasteiger partial charge in [-0.15, -0.1) is 0 Å². The van der Waals surface area contributed by atoms with E-state index in [2.05, 4.69) is 47.7 Å². The first-order valence-corrected chi connectivity index (χ1v) is 16.3. The van der Waals surface area contributed by atoms with Crippen LogP contribution >= 0.6 is 0 Å². The van der Waals surface area contributed by atoms with Gasteiger partial charge in [-0.3, -0.25) is 9.59 Å². The number of aliphatic hydroxyl groups is 1. The summed E-state index contributed by atoms with van der Waals surface area (Å²) in [6, 6.07) is 7.58. The maximum absolute atomic E-state index is 13.3. The van der Waals surface area contributed by atoms with E-state index in [0.717, 1.165) is 11.3 Å². The summed E-state index contributed by atoms with van der Waals surface area (Å²) in [5.74, 6) is -0.873. The van der Waals surface area contributed by atoms with Crippen LogP contribution in [-0.4, -0.2) is 57.2 Å². The van der Waals surface area contributed by atoms with Crippen LogP contribution in [0.15, 0.2) is 24.3 Å². The van der Waals surface area contributed by atoms with Crippen molar-refractivity contribution in [1.82, 2.24) is 0 Å². The van der Waals surface area contributed by atoms with Gasteiger partial charge in [0, 0.05) is 17.8 Å². The van der Waals surface area contributed by atoms with Crippen molar-refractivity contribution in [2.45, 2.75) is 90.3 Å². The van der Waals surface area contributed by atoms with E-state index in [1.807, 2.05) is 24.3 Å². The Balaban J connectivity index is 1.64. The smallest absolute Gasteiger partial charge is 0.314 e. The van der Waals surface area contributed by atoms with Crippen molar-refractivity contribution in [2.24, 2.45) is 22.7 Å². The molecule has 5 atom stereocenters. The fourth-order valence-electron chi connectivity index (χ4n) is 6.23. The Bertz CT molecular complexity index is 1030. The fraction of sp³-hybridized carbons (Fsp3) is 0.724. The van der Waals surface area contributed by atoms with Gasteiger partial charge < -0.3 is 23.7 Å². The van der Waals surface area contributed by atoms with Crippen molar-refractivity contribution < 1.29 is 33.3 Å². The number of cyclic esters (lactones) is 1. The zero-order chi connectivity index (χ0) is 27.4. The highest BCUT2D eigenvalue weighted by atomic mass is 28.4. The Kier molecular flexibility index (Phi) is 7.23. The van der Waals surface area contributed by atoms with Crippen LogP contribution in [0.4, 0.5) is 0 Å². The first-order chi connectivity index (χ1) is 17.1. The molecule has 1 aliphatic heterocycles. The summed E-state index contributed by atoms with van der Waals surface area (Å²) < 4.78 is 23.7. The number of fused-ring (bicyclic) bond motifs is 1. The van der Waals surface area contributed by atoms with E-state index < -0.39 is 37.3 Å². The van der Waals surface area contributed by atoms with Gasteiger partial charge in [0.2, 0.25) is 0 Å². The topological polar surface area (TPSA) is 91.3 Å². The van der Waals surface area contributed by atoms with Gasteiger partial charge in [0.15, 0.2) is 8.32 Å². The zero-order valence-corrected chi connectivity index (χ0v) is 24.7. The molecule has 206 valence electrons. The summed E-state index contributed by atoms with van der Waals surface area (Å²) in [4.78, 5) is 26.5. The number of rotatable bonds is 8. The van der Waals surface area contributed by atoms with Crippen molar-refractivity contribution in [3.05, 3.63) is 29.8 Å². The minimum atomic E-state index is -2.21. The summed E-state index contributed by atoms with van der Waals surface area (Å²) in [7, 11) is -0.592. The van der Waals surface area contributed by atoms with Gasteiger partial charge in [-0.05, 0) is 54.1 Å². The third kappa shape index (κ3) is 4.79. The molecule has 0 amide bonds.